The second-order valence-electron chi connectivity index (χ2n) is 5.02. The molecule has 0 bridgehead atoms. The average molecular weight is 269 g/mol. The molecule has 0 fully saturated rings. The summed E-state index contributed by atoms with van der Waals surface area (Å²) >= 11 is 5.82. The number of hydrogen-bond donors (Lipinski definition) is 2. The Kier molecular flexibility index (Phi) is 5.63. The maximum Gasteiger partial charge on any atom is 0.237 e. The summed E-state index contributed by atoms with van der Waals surface area (Å²) in [6, 6.07) is 6.93. The summed E-state index contributed by atoms with van der Waals surface area (Å²) in [5, 5.41) is 3.60. The second-order valence-corrected chi connectivity index (χ2v) is 5.45. The van der Waals surface area contributed by atoms with Gasteiger partial charge in [-0.2, -0.15) is 0 Å². The summed E-state index contributed by atoms with van der Waals surface area (Å²) in [5.41, 5.74) is 6.85. The zero-order valence-electron chi connectivity index (χ0n) is 11.1. The first-order chi connectivity index (χ1) is 8.40. The molecule has 0 saturated heterocycles. The zero-order chi connectivity index (χ0) is 13.7. The molecule has 0 aromatic heterocycles. The molecule has 0 heterocycles. The molecule has 18 heavy (non-hydrogen) atoms. The summed E-state index contributed by atoms with van der Waals surface area (Å²) in [7, 11) is 0. The molecular formula is C14H21ClN2O. The smallest absolute Gasteiger partial charge is 0.237 e. The van der Waals surface area contributed by atoms with Crippen molar-refractivity contribution in [3.8, 4) is 0 Å². The highest BCUT2D eigenvalue weighted by Gasteiger charge is 2.17. The molecule has 3 nitrogen and oxygen atoms in total. The van der Waals surface area contributed by atoms with Gasteiger partial charge in [-0.05, 0) is 37.0 Å². The van der Waals surface area contributed by atoms with Crippen LogP contribution >= 0.6 is 11.6 Å². The van der Waals surface area contributed by atoms with Crippen molar-refractivity contribution >= 4 is 17.5 Å². The van der Waals surface area contributed by atoms with E-state index in [1.165, 1.54) is 0 Å². The van der Waals surface area contributed by atoms with E-state index in [1.54, 1.807) is 0 Å². The van der Waals surface area contributed by atoms with Crippen LogP contribution in [0.15, 0.2) is 24.3 Å². The predicted molar refractivity (Wildman–Crippen MR) is 75.4 cm³/mol. The topological polar surface area (TPSA) is 55.1 Å². The van der Waals surface area contributed by atoms with Crippen LogP contribution in [0.4, 0.5) is 0 Å². The van der Waals surface area contributed by atoms with Gasteiger partial charge in [0.25, 0.3) is 0 Å². The SMILES string of the molecule is CC(C)CC(N)C(=O)N[C@H](C)c1ccc(Cl)cc1. The van der Waals surface area contributed by atoms with E-state index < -0.39 is 6.04 Å². The molecule has 0 saturated carbocycles. The van der Waals surface area contributed by atoms with Gasteiger partial charge in [0.15, 0.2) is 0 Å². The number of amides is 1. The van der Waals surface area contributed by atoms with Crippen LogP contribution in [0.25, 0.3) is 0 Å². The lowest BCUT2D eigenvalue weighted by Gasteiger charge is -2.19. The summed E-state index contributed by atoms with van der Waals surface area (Å²) in [4.78, 5) is 11.9. The van der Waals surface area contributed by atoms with Gasteiger partial charge in [0.2, 0.25) is 5.91 Å². The Morgan fingerprint density at radius 1 is 1.28 bits per heavy atom. The van der Waals surface area contributed by atoms with Gasteiger partial charge in [-0.15, -0.1) is 0 Å². The lowest BCUT2D eigenvalue weighted by molar-refractivity contribution is -0.123. The number of nitrogens with two attached hydrogens (primary N) is 1. The van der Waals surface area contributed by atoms with Crippen molar-refractivity contribution in [2.75, 3.05) is 0 Å². The van der Waals surface area contributed by atoms with E-state index >= 15 is 0 Å². The van der Waals surface area contributed by atoms with Crippen LogP contribution in [0.2, 0.25) is 5.02 Å². The minimum atomic E-state index is -0.445. The molecule has 1 rings (SSSR count). The molecule has 1 aromatic carbocycles. The Labute approximate surface area is 114 Å². The minimum Gasteiger partial charge on any atom is -0.348 e. The van der Waals surface area contributed by atoms with Crippen LogP contribution < -0.4 is 11.1 Å². The Bertz CT molecular complexity index is 389. The molecule has 1 unspecified atom stereocenters. The van der Waals surface area contributed by atoms with E-state index in [0.29, 0.717) is 17.4 Å². The fourth-order valence-electron chi connectivity index (χ4n) is 1.77. The van der Waals surface area contributed by atoms with E-state index in [4.69, 9.17) is 17.3 Å². The van der Waals surface area contributed by atoms with Crippen LogP contribution in [-0.2, 0) is 4.79 Å². The summed E-state index contributed by atoms with van der Waals surface area (Å²) in [6.45, 7) is 6.04. The molecule has 2 atom stereocenters. The number of rotatable bonds is 5. The lowest BCUT2D eigenvalue weighted by Crippen LogP contribution is -2.42. The highest BCUT2D eigenvalue weighted by Crippen LogP contribution is 2.16. The van der Waals surface area contributed by atoms with Crippen LogP contribution in [0.3, 0.4) is 0 Å². The maximum absolute atomic E-state index is 11.9. The monoisotopic (exact) mass is 268 g/mol. The molecule has 0 aliphatic rings. The Balaban J connectivity index is 2.56. The number of benzene rings is 1. The van der Waals surface area contributed by atoms with Crippen LogP contribution in [0, 0.1) is 5.92 Å². The first kappa shape index (κ1) is 15.0. The Morgan fingerprint density at radius 3 is 2.33 bits per heavy atom. The third-order valence-corrected chi connectivity index (χ3v) is 3.04. The highest BCUT2D eigenvalue weighted by atomic mass is 35.5. The summed E-state index contributed by atoms with van der Waals surface area (Å²) < 4.78 is 0. The van der Waals surface area contributed by atoms with Crippen molar-refractivity contribution in [3.05, 3.63) is 34.9 Å². The van der Waals surface area contributed by atoms with Crippen molar-refractivity contribution in [2.24, 2.45) is 11.7 Å². The lowest BCUT2D eigenvalue weighted by atomic mass is 10.0. The van der Waals surface area contributed by atoms with Crippen molar-refractivity contribution in [1.82, 2.24) is 5.32 Å². The molecule has 100 valence electrons. The maximum atomic E-state index is 11.9. The molecule has 0 aliphatic heterocycles. The van der Waals surface area contributed by atoms with Crippen LogP contribution in [-0.4, -0.2) is 11.9 Å². The first-order valence-electron chi connectivity index (χ1n) is 6.21. The Hall–Kier alpha value is -1.06. The summed E-state index contributed by atoms with van der Waals surface area (Å²) in [6.07, 6.45) is 0.694. The van der Waals surface area contributed by atoms with E-state index in [1.807, 2.05) is 31.2 Å². The number of nitrogens with one attached hydrogen (secondary N) is 1. The van der Waals surface area contributed by atoms with E-state index in [0.717, 1.165) is 5.56 Å². The molecule has 0 spiro atoms. The minimum absolute atomic E-state index is 0.0621. The van der Waals surface area contributed by atoms with Crippen molar-refractivity contribution < 1.29 is 4.79 Å². The van der Waals surface area contributed by atoms with Gasteiger partial charge in [-0.25, -0.2) is 0 Å². The van der Waals surface area contributed by atoms with E-state index in [2.05, 4.69) is 19.2 Å². The average Bonchev–Trinajstić information content (AvgIpc) is 2.28. The molecule has 0 radical (unpaired) electrons. The van der Waals surface area contributed by atoms with Gasteiger partial charge < -0.3 is 11.1 Å². The Morgan fingerprint density at radius 2 is 1.83 bits per heavy atom. The molecule has 0 aliphatic carbocycles. The molecular weight excluding hydrogens is 248 g/mol. The number of carbonyl (C=O) groups excluding carboxylic acids is 1. The van der Waals surface area contributed by atoms with Gasteiger partial charge in [-0.3, -0.25) is 4.79 Å². The van der Waals surface area contributed by atoms with Gasteiger partial charge in [-0.1, -0.05) is 37.6 Å². The molecule has 1 aromatic rings. The highest BCUT2D eigenvalue weighted by molar-refractivity contribution is 6.30. The number of carbonyl (C=O) groups is 1. The van der Waals surface area contributed by atoms with Crippen molar-refractivity contribution in [1.29, 1.82) is 0 Å². The number of halogens is 1. The molecule has 4 heteroatoms. The quantitative estimate of drug-likeness (QED) is 0.863. The summed E-state index contributed by atoms with van der Waals surface area (Å²) in [5.74, 6) is 0.308. The third-order valence-electron chi connectivity index (χ3n) is 2.79. The number of hydrogen-bond acceptors (Lipinski definition) is 2. The van der Waals surface area contributed by atoms with Gasteiger partial charge >= 0.3 is 0 Å². The fourth-order valence-corrected chi connectivity index (χ4v) is 1.90. The molecule has 1 amide bonds. The molecule has 3 N–H and O–H groups in total. The van der Waals surface area contributed by atoms with Crippen molar-refractivity contribution in [3.63, 3.8) is 0 Å². The van der Waals surface area contributed by atoms with Crippen LogP contribution in [0.5, 0.6) is 0 Å². The zero-order valence-corrected chi connectivity index (χ0v) is 11.9. The fraction of sp³-hybridized carbons (Fsp3) is 0.500. The van der Waals surface area contributed by atoms with E-state index in [-0.39, 0.29) is 11.9 Å². The first-order valence-corrected chi connectivity index (χ1v) is 6.59. The predicted octanol–water partition coefficient (Wildman–Crippen LogP) is 2.89. The van der Waals surface area contributed by atoms with E-state index in [9.17, 15) is 4.79 Å². The second kappa shape index (κ2) is 6.76. The van der Waals surface area contributed by atoms with Gasteiger partial charge in [0.1, 0.15) is 0 Å². The van der Waals surface area contributed by atoms with Gasteiger partial charge in [0, 0.05) is 5.02 Å². The largest absolute Gasteiger partial charge is 0.348 e. The normalized spacial score (nSPS) is 14.3. The third kappa shape index (κ3) is 4.67. The van der Waals surface area contributed by atoms with Gasteiger partial charge in [0.05, 0.1) is 12.1 Å². The van der Waals surface area contributed by atoms with Crippen molar-refractivity contribution in [2.45, 2.75) is 39.3 Å². The van der Waals surface area contributed by atoms with Crippen LogP contribution in [0.1, 0.15) is 38.8 Å². The standard InChI is InChI=1S/C14H21ClN2O/c1-9(2)8-13(16)14(18)17-10(3)11-4-6-12(15)7-5-11/h4-7,9-10,13H,8,16H2,1-3H3,(H,17,18)/t10-,13?/m1/s1.